The summed E-state index contributed by atoms with van der Waals surface area (Å²) in [7, 11) is 0. The Morgan fingerprint density at radius 3 is 2.81 bits per heavy atom. The fourth-order valence-electron chi connectivity index (χ4n) is 4.37. The van der Waals surface area contributed by atoms with E-state index in [0.717, 1.165) is 30.8 Å². The van der Waals surface area contributed by atoms with Crippen molar-refractivity contribution in [2.24, 2.45) is 5.73 Å². The summed E-state index contributed by atoms with van der Waals surface area (Å²) in [5, 5.41) is 4.52. The molecule has 26 heavy (non-hydrogen) atoms. The maximum absolute atomic E-state index is 11.0. The molecule has 2 aliphatic rings. The van der Waals surface area contributed by atoms with E-state index in [9.17, 15) is 4.79 Å². The number of nitrogens with one attached hydrogen (secondary N) is 1. The lowest BCUT2D eigenvalue weighted by Crippen LogP contribution is -2.49. The smallest absolute Gasteiger partial charge is 0.255 e. The zero-order valence-corrected chi connectivity index (χ0v) is 15.4. The lowest BCUT2D eigenvalue weighted by molar-refractivity contribution is -0.119. The summed E-state index contributed by atoms with van der Waals surface area (Å²) in [6.45, 7) is 0.859. The summed E-state index contributed by atoms with van der Waals surface area (Å²) in [5.74, 6) is 0.226. The average molecular weight is 371 g/mol. The van der Waals surface area contributed by atoms with Crippen molar-refractivity contribution in [1.82, 2.24) is 5.32 Å². The van der Waals surface area contributed by atoms with E-state index in [-0.39, 0.29) is 18.1 Å². The lowest BCUT2D eigenvalue weighted by atomic mass is 9.58. The fourth-order valence-corrected chi connectivity index (χ4v) is 4.56. The molecule has 1 aliphatic carbocycles. The van der Waals surface area contributed by atoms with E-state index in [1.807, 2.05) is 18.2 Å². The van der Waals surface area contributed by atoms with Gasteiger partial charge in [0.25, 0.3) is 5.91 Å². The molecule has 2 aromatic carbocycles. The summed E-state index contributed by atoms with van der Waals surface area (Å²) in [6.07, 6.45) is 4.49. The minimum Gasteiger partial charge on any atom is -0.484 e. The van der Waals surface area contributed by atoms with Crippen LogP contribution in [0.15, 0.2) is 42.5 Å². The maximum atomic E-state index is 11.0. The van der Waals surface area contributed by atoms with Gasteiger partial charge in [0.15, 0.2) is 6.61 Å². The van der Waals surface area contributed by atoms with E-state index < -0.39 is 5.91 Å². The van der Waals surface area contributed by atoms with Gasteiger partial charge in [-0.15, -0.1) is 0 Å². The second kappa shape index (κ2) is 6.93. The van der Waals surface area contributed by atoms with Gasteiger partial charge in [0.2, 0.25) is 0 Å². The molecule has 1 saturated carbocycles. The van der Waals surface area contributed by atoms with Crippen molar-refractivity contribution in [2.45, 2.75) is 37.1 Å². The van der Waals surface area contributed by atoms with E-state index >= 15 is 0 Å². The standard InChI is InChI=1S/C21H23ClN2O2/c22-16-4-1-3-15(11-16)21(8-2-9-21)20-18-12-17(26-13-19(23)25)6-5-14(18)7-10-24-20/h1,3-6,11-12,20,24H,2,7-10,13H2,(H2,23,25). The Morgan fingerprint density at radius 1 is 1.27 bits per heavy atom. The monoisotopic (exact) mass is 370 g/mol. The molecule has 0 saturated heterocycles. The predicted octanol–water partition coefficient (Wildman–Crippen LogP) is 3.51. The second-order valence-electron chi connectivity index (χ2n) is 7.27. The van der Waals surface area contributed by atoms with Crippen LogP contribution in [0, 0.1) is 0 Å². The van der Waals surface area contributed by atoms with Gasteiger partial charge in [-0.05, 0) is 66.8 Å². The molecular formula is C21H23ClN2O2. The minimum atomic E-state index is -0.466. The van der Waals surface area contributed by atoms with Crippen molar-refractivity contribution in [3.63, 3.8) is 0 Å². The highest BCUT2D eigenvalue weighted by Crippen LogP contribution is 2.54. The second-order valence-corrected chi connectivity index (χ2v) is 7.71. The summed E-state index contributed by atoms with van der Waals surface area (Å²) >= 11 is 6.28. The van der Waals surface area contributed by atoms with Crippen LogP contribution in [0.4, 0.5) is 0 Å². The van der Waals surface area contributed by atoms with Crippen LogP contribution in [0.2, 0.25) is 5.02 Å². The van der Waals surface area contributed by atoms with Crippen molar-refractivity contribution in [2.75, 3.05) is 13.2 Å². The highest BCUT2D eigenvalue weighted by Gasteiger charge is 2.47. The number of carbonyl (C=O) groups excluding carboxylic acids is 1. The number of hydrogen-bond donors (Lipinski definition) is 2. The maximum Gasteiger partial charge on any atom is 0.255 e. The molecular weight excluding hydrogens is 348 g/mol. The van der Waals surface area contributed by atoms with E-state index in [1.165, 1.54) is 23.1 Å². The quantitative estimate of drug-likeness (QED) is 0.846. The van der Waals surface area contributed by atoms with Gasteiger partial charge in [-0.25, -0.2) is 0 Å². The highest BCUT2D eigenvalue weighted by atomic mass is 35.5. The number of ether oxygens (including phenoxy) is 1. The largest absolute Gasteiger partial charge is 0.484 e. The Hall–Kier alpha value is -2.04. The van der Waals surface area contributed by atoms with Gasteiger partial charge in [0.1, 0.15) is 5.75 Å². The molecule has 1 atom stereocenters. The molecule has 136 valence electrons. The zero-order chi connectivity index (χ0) is 18.1. The van der Waals surface area contributed by atoms with Gasteiger partial charge < -0.3 is 15.8 Å². The van der Waals surface area contributed by atoms with Crippen molar-refractivity contribution in [1.29, 1.82) is 0 Å². The Balaban J connectivity index is 1.72. The first kappa shape index (κ1) is 17.4. The summed E-state index contributed by atoms with van der Waals surface area (Å²) in [6, 6.07) is 14.6. The molecule has 1 amide bonds. The first-order valence-electron chi connectivity index (χ1n) is 9.12. The number of rotatable bonds is 5. The van der Waals surface area contributed by atoms with Crippen LogP contribution >= 0.6 is 11.6 Å². The lowest BCUT2D eigenvalue weighted by Gasteiger charge is -2.50. The SMILES string of the molecule is NC(=O)COc1ccc2c(c1)C(C1(c3cccc(Cl)c3)CCC1)NCC2. The molecule has 1 unspecified atom stereocenters. The van der Waals surface area contributed by atoms with E-state index in [0.29, 0.717) is 5.75 Å². The Labute approximate surface area is 158 Å². The van der Waals surface area contributed by atoms with Gasteiger partial charge in [-0.3, -0.25) is 4.79 Å². The van der Waals surface area contributed by atoms with Crippen molar-refractivity contribution in [3.8, 4) is 5.75 Å². The topological polar surface area (TPSA) is 64.4 Å². The van der Waals surface area contributed by atoms with Crippen LogP contribution in [0.1, 0.15) is 42.0 Å². The van der Waals surface area contributed by atoms with Gasteiger partial charge in [0.05, 0.1) is 0 Å². The minimum absolute atomic E-state index is 0.0579. The van der Waals surface area contributed by atoms with Crippen LogP contribution in [0.25, 0.3) is 0 Å². The van der Waals surface area contributed by atoms with E-state index in [1.54, 1.807) is 0 Å². The molecule has 3 N–H and O–H groups in total. The van der Waals surface area contributed by atoms with E-state index in [2.05, 4.69) is 29.6 Å². The first-order valence-corrected chi connectivity index (χ1v) is 9.50. The fraction of sp³-hybridized carbons (Fsp3) is 0.381. The molecule has 1 heterocycles. The summed E-state index contributed by atoms with van der Waals surface area (Å²) in [5.41, 5.74) is 9.16. The molecule has 0 spiro atoms. The Morgan fingerprint density at radius 2 is 2.12 bits per heavy atom. The predicted molar refractivity (Wildman–Crippen MR) is 103 cm³/mol. The van der Waals surface area contributed by atoms with E-state index in [4.69, 9.17) is 22.1 Å². The van der Waals surface area contributed by atoms with Crippen LogP contribution in [0.3, 0.4) is 0 Å². The third kappa shape index (κ3) is 3.08. The number of amides is 1. The van der Waals surface area contributed by atoms with Crippen molar-refractivity contribution < 1.29 is 9.53 Å². The first-order chi connectivity index (χ1) is 12.6. The Bertz CT molecular complexity index is 833. The number of hydrogen-bond acceptors (Lipinski definition) is 3. The molecule has 0 bridgehead atoms. The average Bonchev–Trinajstić information content (AvgIpc) is 2.59. The molecule has 0 aromatic heterocycles. The summed E-state index contributed by atoms with van der Waals surface area (Å²) < 4.78 is 5.55. The van der Waals surface area contributed by atoms with Gasteiger partial charge in [-0.2, -0.15) is 0 Å². The summed E-state index contributed by atoms with van der Waals surface area (Å²) in [4.78, 5) is 11.0. The normalized spacial score (nSPS) is 20.7. The van der Waals surface area contributed by atoms with Gasteiger partial charge in [-0.1, -0.05) is 36.2 Å². The van der Waals surface area contributed by atoms with Crippen LogP contribution in [-0.2, 0) is 16.6 Å². The Kier molecular flexibility index (Phi) is 4.63. The number of benzene rings is 2. The molecule has 4 nitrogen and oxygen atoms in total. The number of carbonyl (C=O) groups is 1. The third-order valence-electron chi connectivity index (χ3n) is 5.75. The third-order valence-corrected chi connectivity index (χ3v) is 5.99. The number of fused-ring (bicyclic) bond motifs is 1. The molecule has 5 heteroatoms. The van der Waals surface area contributed by atoms with Crippen LogP contribution in [0.5, 0.6) is 5.75 Å². The zero-order valence-electron chi connectivity index (χ0n) is 14.6. The van der Waals surface area contributed by atoms with Crippen LogP contribution in [-0.4, -0.2) is 19.1 Å². The highest BCUT2D eigenvalue weighted by molar-refractivity contribution is 6.30. The molecule has 0 radical (unpaired) electrons. The molecule has 1 aliphatic heterocycles. The molecule has 1 fully saturated rings. The van der Waals surface area contributed by atoms with Crippen molar-refractivity contribution >= 4 is 17.5 Å². The molecule has 2 aromatic rings. The van der Waals surface area contributed by atoms with Gasteiger partial charge >= 0.3 is 0 Å². The van der Waals surface area contributed by atoms with Crippen molar-refractivity contribution in [3.05, 3.63) is 64.2 Å². The number of primary amides is 1. The van der Waals surface area contributed by atoms with Crippen LogP contribution < -0.4 is 15.8 Å². The van der Waals surface area contributed by atoms with Gasteiger partial charge in [0, 0.05) is 16.5 Å². The molecule has 4 rings (SSSR count). The number of halogens is 1. The number of nitrogens with two attached hydrogens (primary N) is 1.